The summed E-state index contributed by atoms with van der Waals surface area (Å²) in [5.74, 6) is 0.808. The van der Waals surface area contributed by atoms with Gasteiger partial charge in [0.05, 0.1) is 5.69 Å². The fourth-order valence-corrected chi connectivity index (χ4v) is 4.29. The number of carboxylic acid groups (broad SMARTS) is 1. The molecule has 1 heterocycles. The molecular formula is C31H31NO4. The molecule has 4 aromatic rings. The number of hydrogen-bond donors (Lipinski definition) is 1. The molecule has 0 saturated heterocycles. The van der Waals surface area contributed by atoms with Crippen molar-refractivity contribution in [3.05, 3.63) is 113 Å². The van der Waals surface area contributed by atoms with Crippen molar-refractivity contribution < 1.29 is 19.4 Å². The lowest BCUT2D eigenvalue weighted by molar-refractivity contribution is -0.136. The summed E-state index contributed by atoms with van der Waals surface area (Å²) in [5, 5.41) is 8.83. The highest BCUT2D eigenvalue weighted by Crippen LogP contribution is 2.32. The summed E-state index contributed by atoms with van der Waals surface area (Å²) in [5.41, 5.74) is 8.59. The molecule has 184 valence electrons. The highest BCUT2D eigenvalue weighted by Gasteiger charge is 2.10. The molecule has 0 radical (unpaired) electrons. The molecule has 5 nitrogen and oxygen atoms in total. The predicted octanol–water partition coefficient (Wildman–Crippen LogP) is 6.85. The van der Waals surface area contributed by atoms with Gasteiger partial charge in [-0.05, 0) is 103 Å². The maximum Gasteiger partial charge on any atom is 0.303 e. The first-order chi connectivity index (χ1) is 17.4. The Balaban J connectivity index is 1.42. The third kappa shape index (κ3) is 6.72. The maximum atomic E-state index is 10.7. The first kappa shape index (κ1) is 25.0. The van der Waals surface area contributed by atoms with E-state index in [0.717, 1.165) is 50.7 Å². The Bertz CT molecular complexity index is 1320. The van der Waals surface area contributed by atoms with Crippen LogP contribution in [0.15, 0.2) is 78.9 Å². The molecule has 0 aliphatic heterocycles. The maximum absolute atomic E-state index is 10.7. The van der Waals surface area contributed by atoms with E-state index in [1.807, 2.05) is 49.4 Å². The number of aliphatic carboxylic acids is 1. The van der Waals surface area contributed by atoms with E-state index < -0.39 is 5.97 Å². The Labute approximate surface area is 212 Å². The van der Waals surface area contributed by atoms with E-state index in [2.05, 4.69) is 55.2 Å². The number of nitrogens with zero attached hydrogens (tertiary/aromatic N) is 1. The molecular weight excluding hydrogens is 450 g/mol. The quantitative estimate of drug-likeness (QED) is 0.268. The van der Waals surface area contributed by atoms with Gasteiger partial charge in [-0.2, -0.15) is 0 Å². The highest BCUT2D eigenvalue weighted by molar-refractivity contribution is 5.72. The molecule has 0 unspecified atom stereocenters. The Morgan fingerprint density at radius 1 is 0.778 bits per heavy atom. The average Bonchev–Trinajstić information content (AvgIpc) is 2.85. The summed E-state index contributed by atoms with van der Waals surface area (Å²) in [6, 6.07) is 26.1. The van der Waals surface area contributed by atoms with E-state index in [1.165, 1.54) is 5.56 Å². The van der Waals surface area contributed by atoms with Crippen molar-refractivity contribution in [3.8, 4) is 22.6 Å². The molecule has 36 heavy (non-hydrogen) atoms. The normalized spacial score (nSPS) is 10.8. The fourth-order valence-electron chi connectivity index (χ4n) is 4.29. The first-order valence-corrected chi connectivity index (χ1v) is 12.1. The van der Waals surface area contributed by atoms with Crippen LogP contribution in [-0.2, 0) is 24.4 Å². The van der Waals surface area contributed by atoms with Gasteiger partial charge in [-0.15, -0.1) is 0 Å². The van der Waals surface area contributed by atoms with Gasteiger partial charge in [-0.1, -0.05) is 36.4 Å². The Morgan fingerprint density at radius 2 is 1.47 bits per heavy atom. The minimum Gasteiger partial charge on any atom is -0.489 e. The smallest absolute Gasteiger partial charge is 0.303 e. The second-order valence-corrected chi connectivity index (χ2v) is 9.02. The molecule has 0 bridgehead atoms. The minimum atomic E-state index is -0.789. The lowest BCUT2D eigenvalue weighted by Gasteiger charge is -2.15. The number of benzene rings is 3. The molecule has 0 spiro atoms. The van der Waals surface area contributed by atoms with Gasteiger partial charge in [0.1, 0.15) is 24.7 Å². The molecule has 1 N–H and O–H groups in total. The number of aryl methyl sites for hydroxylation is 4. The van der Waals surface area contributed by atoms with Gasteiger partial charge in [0, 0.05) is 12.1 Å². The van der Waals surface area contributed by atoms with Gasteiger partial charge in [-0.3, -0.25) is 9.78 Å². The molecule has 3 aromatic carbocycles. The molecule has 0 amide bonds. The van der Waals surface area contributed by atoms with Crippen LogP contribution in [0.25, 0.3) is 11.1 Å². The monoisotopic (exact) mass is 481 g/mol. The van der Waals surface area contributed by atoms with E-state index >= 15 is 0 Å². The third-order valence-electron chi connectivity index (χ3n) is 6.01. The van der Waals surface area contributed by atoms with E-state index in [1.54, 1.807) is 0 Å². The SMILES string of the molecule is Cc1cccc(COc2cc(C)c(-c3cccc(COc4ccc(CCC(=O)O)cc4)c3)c(C)c2)n1. The van der Waals surface area contributed by atoms with Gasteiger partial charge >= 0.3 is 5.97 Å². The zero-order chi connectivity index (χ0) is 25.5. The largest absolute Gasteiger partial charge is 0.489 e. The van der Waals surface area contributed by atoms with Crippen LogP contribution in [0.5, 0.6) is 11.5 Å². The highest BCUT2D eigenvalue weighted by atomic mass is 16.5. The van der Waals surface area contributed by atoms with E-state index in [4.69, 9.17) is 14.6 Å². The lowest BCUT2D eigenvalue weighted by atomic mass is 9.94. The molecule has 0 atom stereocenters. The Kier molecular flexibility index (Phi) is 8.01. The third-order valence-corrected chi connectivity index (χ3v) is 6.01. The topological polar surface area (TPSA) is 68.7 Å². The number of carbonyl (C=O) groups is 1. The van der Waals surface area contributed by atoms with Crippen molar-refractivity contribution in [2.45, 2.75) is 46.8 Å². The standard InChI is InChI=1S/C31H31NO4/c1-21-16-29(36-20-27-9-4-6-23(3)32-27)17-22(2)31(21)26-8-5-7-25(18-26)19-35-28-13-10-24(11-14-28)12-15-30(33)34/h4-11,13-14,16-18H,12,15,19-20H2,1-3H3,(H,33,34). The summed E-state index contributed by atoms with van der Waals surface area (Å²) < 4.78 is 12.0. The van der Waals surface area contributed by atoms with Gasteiger partial charge in [0.15, 0.2) is 0 Å². The number of aromatic nitrogens is 1. The van der Waals surface area contributed by atoms with Crippen LogP contribution in [0.4, 0.5) is 0 Å². The van der Waals surface area contributed by atoms with Gasteiger partial charge in [-0.25, -0.2) is 0 Å². The number of hydrogen-bond acceptors (Lipinski definition) is 4. The fraction of sp³-hybridized carbons (Fsp3) is 0.226. The minimum absolute atomic E-state index is 0.128. The summed E-state index contributed by atoms with van der Waals surface area (Å²) in [7, 11) is 0. The van der Waals surface area contributed by atoms with Crippen molar-refractivity contribution in [1.29, 1.82) is 0 Å². The molecule has 0 aliphatic rings. The zero-order valence-electron chi connectivity index (χ0n) is 21.0. The second kappa shape index (κ2) is 11.5. The van der Waals surface area contributed by atoms with Crippen LogP contribution in [-0.4, -0.2) is 16.1 Å². The van der Waals surface area contributed by atoms with E-state index in [9.17, 15) is 4.79 Å². The number of ether oxygens (including phenoxy) is 2. The average molecular weight is 482 g/mol. The summed E-state index contributed by atoms with van der Waals surface area (Å²) in [4.78, 5) is 15.3. The summed E-state index contributed by atoms with van der Waals surface area (Å²) >= 11 is 0. The van der Waals surface area contributed by atoms with Crippen LogP contribution < -0.4 is 9.47 Å². The molecule has 0 fully saturated rings. The molecule has 1 aromatic heterocycles. The molecule has 5 heteroatoms. The van der Waals surface area contributed by atoms with Gasteiger partial charge in [0.25, 0.3) is 0 Å². The van der Waals surface area contributed by atoms with E-state index in [0.29, 0.717) is 19.6 Å². The lowest BCUT2D eigenvalue weighted by Crippen LogP contribution is -2.00. The Morgan fingerprint density at radius 3 is 2.17 bits per heavy atom. The number of rotatable bonds is 10. The van der Waals surface area contributed by atoms with Crippen molar-refractivity contribution in [3.63, 3.8) is 0 Å². The van der Waals surface area contributed by atoms with Gasteiger partial charge < -0.3 is 14.6 Å². The second-order valence-electron chi connectivity index (χ2n) is 9.02. The van der Waals surface area contributed by atoms with Crippen molar-refractivity contribution in [1.82, 2.24) is 4.98 Å². The molecule has 0 saturated carbocycles. The van der Waals surface area contributed by atoms with Gasteiger partial charge in [0.2, 0.25) is 0 Å². The van der Waals surface area contributed by atoms with Crippen molar-refractivity contribution in [2.24, 2.45) is 0 Å². The Hall–Kier alpha value is -4.12. The molecule has 0 aliphatic carbocycles. The van der Waals surface area contributed by atoms with Crippen molar-refractivity contribution in [2.75, 3.05) is 0 Å². The number of carboxylic acids is 1. The van der Waals surface area contributed by atoms with Crippen LogP contribution in [0.1, 0.15) is 40.1 Å². The number of pyridine rings is 1. The first-order valence-electron chi connectivity index (χ1n) is 12.1. The van der Waals surface area contributed by atoms with E-state index in [-0.39, 0.29) is 6.42 Å². The molecule has 4 rings (SSSR count). The summed E-state index contributed by atoms with van der Waals surface area (Å²) in [6.45, 7) is 7.08. The van der Waals surface area contributed by atoms with Crippen LogP contribution >= 0.6 is 0 Å². The van der Waals surface area contributed by atoms with Crippen molar-refractivity contribution >= 4 is 5.97 Å². The van der Waals surface area contributed by atoms with Crippen LogP contribution in [0, 0.1) is 20.8 Å². The van der Waals surface area contributed by atoms with Crippen LogP contribution in [0.3, 0.4) is 0 Å². The predicted molar refractivity (Wildman–Crippen MR) is 141 cm³/mol. The zero-order valence-corrected chi connectivity index (χ0v) is 21.0. The van der Waals surface area contributed by atoms with Crippen LogP contribution in [0.2, 0.25) is 0 Å². The summed E-state index contributed by atoms with van der Waals surface area (Å²) in [6.07, 6.45) is 0.645.